The second-order valence-corrected chi connectivity index (χ2v) is 6.38. The van der Waals surface area contributed by atoms with Crippen molar-refractivity contribution < 1.29 is 23.5 Å². The molecule has 0 unspecified atom stereocenters. The highest BCUT2D eigenvalue weighted by atomic mass is 19.1. The lowest BCUT2D eigenvalue weighted by atomic mass is 10.1. The molecule has 1 aliphatic heterocycles. The Balaban J connectivity index is 1.67. The van der Waals surface area contributed by atoms with Crippen LogP contribution < -0.4 is 24.0 Å². The number of halogens is 1. The third-order valence-electron chi connectivity index (χ3n) is 4.89. The van der Waals surface area contributed by atoms with Crippen molar-refractivity contribution in [2.45, 2.75) is 6.54 Å². The maximum absolute atomic E-state index is 13.1. The molecule has 1 fully saturated rings. The number of methoxy groups -OCH3 is 3. The van der Waals surface area contributed by atoms with Crippen molar-refractivity contribution in [3.63, 3.8) is 0 Å². The molecular weight excluding hydrogens is 335 g/mol. The summed E-state index contributed by atoms with van der Waals surface area (Å²) in [5.41, 5.74) is 2.18. The van der Waals surface area contributed by atoms with E-state index in [4.69, 9.17) is 14.2 Å². The minimum atomic E-state index is -0.196. The minimum Gasteiger partial charge on any atom is -0.493 e. The molecule has 2 aromatic rings. The molecule has 3 rings (SSSR count). The Labute approximate surface area is 153 Å². The van der Waals surface area contributed by atoms with Crippen LogP contribution in [0.15, 0.2) is 36.4 Å². The maximum atomic E-state index is 13.1. The summed E-state index contributed by atoms with van der Waals surface area (Å²) in [5, 5.41) is 0. The van der Waals surface area contributed by atoms with Crippen LogP contribution in [0.1, 0.15) is 5.56 Å². The topological polar surface area (TPSA) is 35.4 Å². The van der Waals surface area contributed by atoms with Gasteiger partial charge in [0, 0.05) is 5.69 Å². The first kappa shape index (κ1) is 18.3. The number of anilines is 1. The Morgan fingerprint density at radius 1 is 0.885 bits per heavy atom. The minimum absolute atomic E-state index is 0.196. The van der Waals surface area contributed by atoms with Crippen LogP contribution in [-0.2, 0) is 6.54 Å². The van der Waals surface area contributed by atoms with Crippen LogP contribution in [-0.4, -0.2) is 47.5 Å². The molecule has 0 bridgehead atoms. The van der Waals surface area contributed by atoms with Crippen LogP contribution in [0.4, 0.5) is 10.1 Å². The second kappa shape index (κ2) is 8.27. The number of nitrogens with one attached hydrogen (secondary N) is 1. The lowest BCUT2D eigenvalue weighted by molar-refractivity contribution is -0.914. The zero-order valence-electron chi connectivity index (χ0n) is 15.5. The highest BCUT2D eigenvalue weighted by molar-refractivity contribution is 5.55. The van der Waals surface area contributed by atoms with Gasteiger partial charge in [0.2, 0.25) is 5.75 Å². The lowest BCUT2D eigenvalue weighted by Gasteiger charge is -2.34. The Hall–Kier alpha value is -2.47. The SMILES string of the molecule is COc1ccc(C[NH+]2CCN(c3ccc(F)cc3)CC2)c(OC)c1OC. The van der Waals surface area contributed by atoms with Gasteiger partial charge in [-0.05, 0) is 36.4 Å². The maximum Gasteiger partial charge on any atom is 0.203 e. The zero-order chi connectivity index (χ0) is 18.5. The Morgan fingerprint density at radius 3 is 2.12 bits per heavy atom. The summed E-state index contributed by atoms with van der Waals surface area (Å²) in [4.78, 5) is 3.78. The van der Waals surface area contributed by atoms with E-state index in [0.29, 0.717) is 11.5 Å². The first-order chi connectivity index (χ1) is 12.7. The quantitative estimate of drug-likeness (QED) is 0.851. The molecular formula is C20H26FN2O3+. The monoisotopic (exact) mass is 361 g/mol. The third kappa shape index (κ3) is 3.85. The first-order valence-electron chi connectivity index (χ1n) is 8.78. The molecule has 0 aliphatic carbocycles. The van der Waals surface area contributed by atoms with Crippen LogP contribution >= 0.6 is 0 Å². The summed E-state index contributed by atoms with van der Waals surface area (Å²) in [5.74, 6) is 1.85. The van der Waals surface area contributed by atoms with Gasteiger partial charge in [-0.25, -0.2) is 4.39 Å². The van der Waals surface area contributed by atoms with E-state index in [2.05, 4.69) is 4.90 Å². The van der Waals surface area contributed by atoms with E-state index in [-0.39, 0.29) is 5.82 Å². The Kier molecular flexibility index (Phi) is 5.83. The van der Waals surface area contributed by atoms with Gasteiger partial charge in [-0.3, -0.25) is 0 Å². The van der Waals surface area contributed by atoms with Gasteiger partial charge in [0.05, 0.1) is 53.1 Å². The normalized spacial score (nSPS) is 15.0. The van der Waals surface area contributed by atoms with Gasteiger partial charge >= 0.3 is 0 Å². The Bertz CT molecular complexity index is 729. The zero-order valence-corrected chi connectivity index (χ0v) is 15.5. The summed E-state index contributed by atoms with van der Waals surface area (Å²) in [7, 11) is 4.90. The van der Waals surface area contributed by atoms with Gasteiger partial charge in [0.15, 0.2) is 11.5 Å². The molecule has 1 aliphatic rings. The summed E-state index contributed by atoms with van der Waals surface area (Å²) >= 11 is 0. The molecule has 140 valence electrons. The number of ether oxygens (including phenoxy) is 3. The molecule has 0 spiro atoms. The van der Waals surface area contributed by atoms with Crippen LogP contribution in [0, 0.1) is 5.82 Å². The molecule has 26 heavy (non-hydrogen) atoms. The molecule has 2 aromatic carbocycles. The Morgan fingerprint density at radius 2 is 1.54 bits per heavy atom. The van der Waals surface area contributed by atoms with Crippen molar-refractivity contribution in [1.29, 1.82) is 0 Å². The predicted octanol–water partition coefficient (Wildman–Crippen LogP) is 1.76. The highest BCUT2D eigenvalue weighted by Gasteiger charge is 2.24. The van der Waals surface area contributed by atoms with E-state index >= 15 is 0 Å². The van der Waals surface area contributed by atoms with Crippen LogP contribution in [0.5, 0.6) is 17.2 Å². The van der Waals surface area contributed by atoms with Crippen LogP contribution in [0.3, 0.4) is 0 Å². The van der Waals surface area contributed by atoms with Crippen molar-refractivity contribution in [2.75, 3.05) is 52.4 Å². The van der Waals surface area contributed by atoms with E-state index in [1.807, 2.05) is 24.3 Å². The van der Waals surface area contributed by atoms with E-state index in [1.165, 1.54) is 17.0 Å². The number of rotatable bonds is 6. The number of nitrogens with zero attached hydrogens (tertiary/aromatic N) is 1. The molecule has 0 amide bonds. The summed E-state index contributed by atoms with van der Waals surface area (Å²) in [6, 6.07) is 10.7. The molecule has 0 radical (unpaired) electrons. The predicted molar refractivity (Wildman–Crippen MR) is 99.1 cm³/mol. The van der Waals surface area contributed by atoms with E-state index in [1.54, 1.807) is 21.3 Å². The third-order valence-corrected chi connectivity index (χ3v) is 4.89. The van der Waals surface area contributed by atoms with Gasteiger partial charge in [-0.2, -0.15) is 0 Å². The molecule has 1 heterocycles. The highest BCUT2D eigenvalue weighted by Crippen LogP contribution is 2.39. The van der Waals surface area contributed by atoms with Gasteiger partial charge in [-0.15, -0.1) is 0 Å². The lowest BCUT2D eigenvalue weighted by Crippen LogP contribution is -3.13. The molecule has 1 N–H and O–H groups in total. The molecule has 5 nitrogen and oxygen atoms in total. The summed E-state index contributed by atoms with van der Waals surface area (Å²) < 4.78 is 29.5. The van der Waals surface area contributed by atoms with E-state index in [9.17, 15) is 4.39 Å². The van der Waals surface area contributed by atoms with E-state index < -0.39 is 0 Å². The van der Waals surface area contributed by atoms with Crippen molar-refractivity contribution in [1.82, 2.24) is 0 Å². The average molecular weight is 361 g/mol. The first-order valence-corrected chi connectivity index (χ1v) is 8.78. The van der Waals surface area contributed by atoms with Crippen LogP contribution in [0.2, 0.25) is 0 Å². The fourth-order valence-electron chi connectivity index (χ4n) is 3.48. The molecule has 0 aromatic heterocycles. The van der Waals surface area contributed by atoms with E-state index in [0.717, 1.165) is 49.7 Å². The van der Waals surface area contributed by atoms with Crippen molar-refractivity contribution in [3.8, 4) is 17.2 Å². The second-order valence-electron chi connectivity index (χ2n) is 6.38. The number of benzene rings is 2. The molecule has 1 saturated heterocycles. The molecule has 6 heteroatoms. The van der Waals surface area contributed by atoms with Crippen molar-refractivity contribution in [3.05, 3.63) is 47.8 Å². The largest absolute Gasteiger partial charge is 0.493 e. The molecule has 0 saturated carbocycles. The summed E-state index contributed by atoms with van der Waals surface area (Å²) in [6.45, 7) is 4.76. The van der Waals surface area contributed by atoms with Crippen molar-refractivity contribution in [2.24, 2.45) is 0 Å². The number of hydrogen-bond donors (Lipinski definition) is 1. The van der Waals surface area contributed by atoms with Gasteiger partial charge < -0.3 is 24.0 Å². The van der Waals surface area contributed by atoms with Gasteiger partial charge in [0.1, 0.15) is 12.4 Å². The summed E-state index contributed by atoms with van der Waals surface area (Å²) in [6.07, 6.45) is 0. The number of hydrogen-bond acceptors (Lipinski definition) is 4. The van der Waals surface area contributed by atoms with Gasteiger partial charge in [0.25, 0.3) is 0 Å². The average Bonchev–Trinajstić information content (AvgIpc) is 2.68. The van der Waals surface area contributed by atoms with Crippen molar-refractivity contribution >= 4 is 5.69 Å². The molecule has 0 atom stereocenters. The standard InChI is InChI=1S/C20H25FN2O3/c1-24-18-9-4-15(19(25-2)20(18)26-3)14-22-10-12-23(13-11-22)17-7-5-16(21)6-8-17/h4-9H,10-14H2,1-3H3/p+1. The smallest absolute Gasteiger partial charge is 0.203 e. The fraction of sp³-hybridized carbons (Fsp3) is 0.400. The van der Waals surface area contributed by atoms with Gasteiger partial charge in [-0.1, -0.05) is 0 Å². The fourth-order valence-corrected chi connectivity index (χ4v) is 3.48. The van der Waals surface area contributed by atoms with Crippen LogP contribution in [0.25, 0.3) is 0 Å². The number of piperazine rings is 1. The number of quaternary nitrogens is 1.